The Balaban J connectivity index is 1.16. The van der Waals surface area contributed by atoms with Crippen molar-refractivity contribution in [1.29, 1.82) is 0 Å². The Morgan fingerprint density at radius 2 is 1.08 bits per heavy atom. The summed E-state index contributed by atoms with van der Waals surface area (Å²) in [5.74, 6) is 2.49. The Kier molecular flexibility index (Phi) is 6.59. The molecule has 6 aromatic carbocycles. The molecule has 53 heavy (non-hydrogen) atoms. The van der Waals surface area contributed by atoms with Gasteiger partial charge < -0.3 is 4.90 Å². The predicted molar refractivity (Wildman–Crippen MR) is 214 cm³/mol. The highest BCUT2D eigenvalue weighted by Crippen LogP contribution is 2.68. The number of hydrogen-bond donors (Lipinski definition) is 0. The van der Waals surface area contributed by atoms with Crippen LogP contribution in [0.2, 0.25) is 0 Å². The minimum Gasteiger partial charge on any atom is -0.310 e. The van der Waals surface area contributed by atoms with Crippen molar-refractivity contribution in [1.82, 2.24) is 0 Å². The summed E-state index contributed by atoms with van der Waals surface area (Å²) in [6.07, 6.45) is 6.16. The fraction of sp³-hybridized carbons (Fsp3) is 0.265. The van der Waals surface area contributed by atoms with Crippen LogP contribution in [0.25, 0.3) is 22.3 Å². The number of para-hydroxylation sites is 1. The van der Waals surface area contributed by atoms with E-state index in [2.05, 4.69) is 140 Å². The highest BCUT2D eigenvalue weighted by molar-refractivity contribution is 7.91. The maximum atomic E-state index is 15.0. The highest BCUT2D eigenvalue weighted by Gasteiger charge is 2.62. The molecule has 1 spiro atoms. The van der Waals surface area contributed by atoms with Crippen molar-refractivity contribution < 1.29 is 8.42 Å². The third-order valence-electron chi connectivity index (χ3n) is 14.1. The van der Waals surface area contributed by atoms with Crippen LogP contribution in [0, 0.1) is 23.7 Å². The van der Waals surface area contributed by atoms with Crippen LogP contribution in [0.15, 0.2) is 149 Å². The van der Waals surface area contributed by atoms with E-state index in [0.717, 1.165) is 51.2 Å². The van der Waals surface area contributed by atoms with E-state index in [9.17, 15) is 8.42 Å². The van der Waals surface area contributed by atoms with Gasteiger partial charge in [0, 0.05) is 27.8 Å². The average molecular weight is 710 g/mol. The van der Waals surface area contributed by atoms with Crippen LogP contribution in [-0.2, 0) is 20.7 Å². The van der Waals surface area contributed by atoms with Gasteiger partial charge in [-0.1, -0.05) is 117 Å². The molecule has 1 heterocycles. The summed E-state index contributed by atoms with van der Waals surface area (Å²) < 4.78 is 30.0. The zero-order chi connectivity index (χ0) is 35.7. The smallest absolute Gasteiger partial charge is 0.207 e. The van der Waals surface area contributed by atoms with E-state index in [1.54, 1.807) is 0 Å². The number of anilines is 3. The molecule has 0 saturated heterocycles. The predicted octanol–water partition coefficient (Wildman–Crippen LogP) is 12.0. The number of rotatable bonds is 4. The van der Waals surface area contributed by atoms with Gasteiger partial charge in [-0.15, -0.1) is 0 Å². The van der Waals surface area contributed by atoms with Gasteiger partial charge in [0.15, 0.2) is 0 Å². The quantitative estimate of drug-likeness (QED) is 0.183. The van der Waals surface area contributed by atoms with Crippen molar-refractivity contribution in [3.05, 3.63) is 162 Å². The molecule has 4 heteroatoms. The number of nitrogens with zero attached hydrogens (tertiary/aromatic N) is 1. The molecule has 4 fully saturated rings. The first-order valence-corrected chi connectivity index (χ1v) is 20.9. The highest BCUT2D eigenvalue weighted by atomic mass is 32.2. The van der Waals surface area contributed by atoms with Crippen LogP contribution >= 0.6 is 0 Å². The molecule has 12 rings (SSSR count). The Bertz CT molecular complexity index is 2560. The molecule has 262 valence electrons. The third-order valence-corrected chi connectivity index (χ3v) is 15.9. The molecule has 6 aliphatic rings. The second-order valence-corrected chi connectivity index (χ2v) is 18.9. The van der Waals surface area contributed by atoms with Gasteiger partial charge in [0.05, 0.1) is 15.5 Å². The maximum absolute atomic E-state index is 15.0. The lowest BCUT2D eigenvalue weighted by Gasteiger charge is -2.63. The van der Waals surface area contributed by atoms with E-state index in [1.165, 1.54) is 54.4 Å². The molecule has 0 N–H and O–H groups in total. The monoisotopic (exact) mass is 709 g/mol. The lowest BCUT2D eigenvalue weighted by atomic mass is 9.42. The molecular formula is C49H43NO2S. The van der Waals surface area contributed by atoms with E-state index in [0.29, 0.717) is 21.6 Å². The number of hydrogen-bond acceptors (Lipinski definition) is 3. The van der Waals surface area contributed by atoms with Crippen molar-refractivity contribution in [2.75, 3.05) is 4.90 Å². The molecule has 1 aliphatic heterocycles. The van der Waals surface area contributed by atoms with E-state index < -0.39 is 9.84 Å². The Morgan fingerprint density at radius 1 is 0.509 bits per heavy atom. The minimum absolute atomic E-state index is 0.179. The molecule has 5 aliphatic carbocycles. The van der Waals surface area contributed by atoms with Crippen molar-refractivity contribution in [2.24, 2.45) is 23.7 Å². The number of benzene rings is 6. The molecular weight excluding hydrogens is 667 g/mol. The van der Waals surface area contributed by atoms with Crippen LogP contribution in [0.1, 0.15) is 68.2 Å². The van der Waals surface area contributed by atoms with Crippen LogP contribution in [0.4, 0.5) is 17.1 Å². The summed E-state index contributed by atoms with van der Waals surface area (Å²) in [5.41, 5.74) is 11.9. The summed E-state index contributed by atoms with van der Waals surface area (Å²) in [4.78, 5) is 3.32. The zero-order valence-electron chi connectivity index (χ0n) is 30.3. The fourth-order valence-electron chi connectivity index (χ4n) is 12.1. The topological polar surface area (TPSA) is 37.4 Å². The molecule has 4 saturated carbocycles. The van der Waals surface area contributed by atoms with Gasteiger partial charge >= 0.3 is 0 Å². The number of fused-ring (bicyclic) bond motifs is 5. The first kappa shape index (κ1) is 31.6. The van der Waals surface area contributed by atoms with Gasteiger partial charge in [0.25, 0.3) is 0 Å². The molecule has 3 nitrogen and oxygen atoms in total. The largest absolute Gasteiger partial charge is 0.310 e. The second-order valence-electron chi connectivity index (χ2n) is 17.0. The minimum atomic E-state index is -3.78. The fourth-order valence-corrected chi connectivity index (χ4v) is 13.9. The van der Waals surface area contributed by atoms with Crippen molar-refractivity contribution in [2.45, 2.75) is 66.6 Å². The van der Waals surface area contributed by atoms with Crippen LogP contribution < -0.4 is 4.90 Å². The van der Waals surface area contributed by atoms with Crippen molar-refractivity contribution in [3.8, 4) is 22.3 Å². The molecule has 0 radical (unpaired) electrons. The van der Waals surface area contributed by atoms with Crippen LogP contribution in [0.3, 0.4) is 0 Å². The van der Waals surface area contributed by atoms with Crippen LogP contribution in [0.5, 0.6) is 0 Å². The van der Waals surface area contributed by atoms with Crippen molar-refractivity contribution >= 4 is 26.9 Å². The molecule has 4 bridgehead atoms. The van der Waals surface area contributed by atoms with E-state index in [-0.39, 0.29) is 10.8 Å². The van der Waals surface area contributed by atoms with Crippen molar-refractivity contribution in [3.63, 3.8) is 0 Å². The van der Waals surface area contributed by atoms with E-state index >= 15 is 0 Å². The molecule has 0 aromatic heterocycles. The lowest BCUT2D eigenvalue weighted by molar-refractivity contribution is -0.0446. The van der Waals surface area contributed by atoms with Gasteiger partial charge in [-0.05, 0) is 131 Å². The summed E-state index contributed by atoms with van der Waals surface area (Å²) in [6.45, 7) is 4.63. The first-order valence-electron chi connectivity index (χ1n) is 19.4. The third kappa shape index (κ3) is 4.25. The Morgan fingerprint density at radius 3 is 1.83 bits per heavy atom. The SMILES string of the molecule is CC1(C)c2ccccc2-c2ccc(N(c3ccc4c(c3)S(=O)(=O)c3ccccc3C43C4CC5CC(C4)CC3C5)c3ccccc3-c3ccccc3)cc21. The second kappa shape index (κ2) is 11.1. The van der Waals surface area contributed by atoms with Gasteiger partial charge in [-0.3, -0.25) is 0 Å². The van der Waals surface area contributed by atoms with Gasteiger partial charge in [0.2, 0.25) is 9.84 Å². The summed E-state index contributed by atoms with van der Waals surface area (Å²) in [7, 11) is -3.78. The zero-order valence-corrected chi connectivity index (χ0v) is 31.1. The van der Waals surface area contributed by atoms with Gasteiger partial charge in [0.1, 0.15) is 0 Å². The summed E-state index contributed by atoms with van der Waals surface area (Å²) >= 11 is 0. The average Bonchev–Trinajstić information content (AvgIpc) is 3.41. The Labute approximate surface area is 313 Å². The molecule has 6 aromatic rings. The molecule has 0 unspecified atom stereocenters. The standard InChI is InChI=1S/C49H43NO2S/c1-48(2)41-16-8-6-15-39(41)40-22-20-36(29-44(40)48)50(45-18-10-7-14-38(45)33-12-4-3-5-13-33)37-21-23-43-47(30-37)53(51,52)46-19-11-9-17-42(46)49(43)34-25-31-24-32(27-34)28-35(49)26-31/h3-23,29-32,34-35H,24-28H2,1-2H3. The first-order chi connectivity index (χ1) is 25.8. The molecule has 0 atom stereocenters. The lowest BCUT2D eigenvalue weighted by Crippen LogP contribution is -2.57. The Hall–Kier alpha value is -4.93. The van der Waals surface area contributed by atoms with Gasteiger partial charge in [-0.25, -0.2) is 8.42 Å². The summed E-state index contributed by atoms with van der Waals surface area (Å²) in [5, 5.41) is 0. The van der Waals surface area contributed by atoms with E-state index in [1.807, 2.05) is 18.2 Å². The van der Waals surface area contributed by atoms with Gasteiger partial charge in [-0.2, -0.15) is 0 Å². The normalized spacial score (nSPS) is 26.1. The maximum Gasteiger partial charge on any atom is 0.207 e. The number of sulfone groups is 1. The molecule has 0 amide bonds. The van der Waals surface area contributed by atoms with E-state index in [4.69, 9.17) is 0 Å². The van der Waals surface area contributed by atoms with Crippen LogP contribution in [-0.4, -0.2) is 8.42 Å². The summed E-state index contributed by atoms with van der Waals surface area (Å²) in [6, 6.07) is 49.2.